The SMILES string of the molecule is Cc1ccn(-c2ccc(NCCCc3c(C)noc3C)nn2)n1. The molecule has 7 nitrogen and oxygen atoms in total. The minimum absolute atomic E-state index is 0.708. The quantitative estimate of drug-likeness (QED) is 0.705. The van der Waals surface area contributed by atoms with E-state index in [1.165, 1.54) is 5.56 Å². The van der Waals surface area contributed by atoms with Crippen LogP contribution in [0, 0.1) is 20.8 Å². The van der Waals surface area contributed by atoms with Crippen molar-refractivity contribution < 1.29 is 4.52 Å². The molecule has 0 saturated heterocycles. The van der Waals surface area contributed by atoms with Gasteiger partial charge in [0.05, 0.1) is 11.4 Å². The Kier molecular flexibility index (Phi) is 4.36. The lowest BCUT2D eigenvalue weighted by Gasteiger charge is -2.06. The van der Waals surface area contributed by atoms with Gasteiger partial charge in [0.1, 0.15) is 11.6 Å². The van der Waals surface area contributed by atoms with Crippen LogP contribution in [0.3, 0.4) is 0 Å². The summed E-state index contributed by atoms with van der Waals surface area (Å²) in [6, 6.07) is 5.74. The first kappa shape index (κ1) is 15.2. The average Bonchev–Trinajstić information content (AvgIpc) is 3.12. The van der Waals surface area contributed by atoms with Gasteiger partial charge in [-0.25, -0.2) is 4.68 Å². The molecule has 0 bridgehead atoms. The second kappa shape index (κ2) is 6.60. The van der Waals surface area contributed by atoms with Crippen LogP contribution in [-0.2, 0) is 6.42 Å². The highest BCUT2D eigenvalue weighted by Crippen LogP contribution is 2.14. The average molecular weight is 312 g/mol. The van der Waals surface area contributed by atoms with Crippen molar-refractivity contribution in [1.29, 1.82) is 0 Å². The molecular formula is C16H20N6O. The van der Waals surface area contributed by atoms with Crippen molar-refractivity contribution in [2.45, 2.75) is 33.6 Å². The molecule has 3 heterocycles. The zero-order chi connectivity index (χ0) is 16.2. The molecule has 3 aromatic rings. The molecule has 0 aliphatic rings. The fourth-order valence-electron chi connectivity index (χ4n) is 2.42. The Morgan fingerprint density at radius 1 is 1.13 bits per heavy atom. The summed E-state index contributed by atoms with van der Waals surface area (Å²) in [5.74, 6) is 2.37. The van der Waals surface area contributed by atoms with Crippen LogP contribution < -0.4 is 5.32 Å². The normalized spacial score (nSPS) is 10.9. The maximum Gasteiger partial charge on any atom is 0.175 e. The lowest BCUT2D eigenvalue weighted by molar-refractivity contribution is 0.392. The largest absolute Gasteiger partial charge is 0.369 e. The van der Waals surface area contributed by atoms with E-state index in [1.54, 1.807) is 4.68 Å². The number of anilines is 1. The zero-order valence-electron chi connectivity index (χ0n) is 13.6. The minimum atomic E-state index is 0.708. The van der Waals surface area contributed by atoms with E-state index >= 15 is 0 Å². The Labute approximate surface area is 134 Å². The molecule has 7 heteroatoms. The third kappa shape index (κ3) is 3.56. The smallest absolute Gasteiger partial charge is 0.175 e. The van der Waals surface area contributed by atoms with Gasteiger partial charge in [-0.3, -0.25) is 0 Å². The van der Waals surface area contributed by atoms with Gasteiger partial charge in [-0.05, 0) is 51.8 Å². The number of rotatable bonds is 6. The molecule has 0 aliphatic carbocycles. The van der Waals surface area contributed by atoms with Gasteiger partial charge < -0.3 is 9.84 Å². The predicted octanol–water partition coefficient (Wildman–Crippen LogP) is 2.62. The molecule has 120 valence electrons. The summed E-state index contributed by atoms with van der Waals surface area (Å²) in [7, 11) is 0. The maximum absolute atomic E-state index is 5.17. The van der Waals surface area contributed by atoms with E-state index < -0.39 is 0 Å². The standard InChI is InChI=1S/C16H20N6O/c1-11-8-10-22(20-11)16-7-6-15(18-19-16)17-9-4-5-14-12(2)21-23-13(14)3/h6-8,10H,4-5,9H2,1-3H3,(H,17,18). The number of nitrogens with zero attached hydrogens (tertiary/aromatic N) is 5. The summed E-state index contributed by atoms with van der Waals surface area (Å²) in [6.07, 6.45) is 3.78. The summed E-state index contributed by atoms with van der Waals surface area (Å²) in [4.78, 5) is 0. The lowest BCUT2D eigenvalue weighted by Crippen LogP contribution is -2.07. The van der Waals surface area contributed by atoms with E-state index in [9.17, 15) is 0 Å². The van der Waals surface area contributed by atoms with Gasteiger partial charge in [0.15, 0.2) is 5.82 Å². The van der Waals surface area contributed by atoms with Crippen molar-refractivity contribution in [3.63, 3.8) is 0 Å². The molecular weight excluding hydrogens is 292 g/mol. The van der Waals surface area contributed by atoms with Crippen LogP contribution >= 0.6 is 0 Å². The van der Waals surface area contributed by atoms with Gasteiger partial charge in [-0.15, -0.1) is 10.2 Å². The fourth-order valence-corrected chi connectivity index (χ4v) is 2.42. The molecule has 0 saturated carbocycles. The number of hydrogen-bond acceptors (Lipinski definition) is 6. The summed E-state index contributed by atoms with van der Waals surface area (Å²) >= 11 is 0. The van der Waals surface area contributed by atoms with E-state index in [-0.39, 0.29) is 0 Å². The van der Waals surface area contributed by atoms with E-state index in [0.717, 1.165) is 42.4 Å². The topological polar surface area (TPSA) is 81.7 Å². The molecule has 23 heavy (non-hydrogen) atoms. The molecule has 0 atom stereocenters. The number of nitrogens with one attached hydrogen (secondary N) is 1. The van der Waals surface area contributed by atoms with Gasteiger partial charge in [0.25, 0.3) is 0 Å². The van der Waals surface area contributed by atoms with Gasteiger partial charge in [-0.2, -0.15) is 5.10 Å². The monoisotopic (exact) mass is 312 g/mol. The molecule has 0 spiro atoms. The summed E-state index contributed by atoms with van der Waals surface area (Å²) in [6.45, 7) is 6.68. The first-order valence-corrected chi connectivity index (χ1v) is 7.65. The molecule has 0 aromatic carbocycles. The highest BCUT2D eigenvalue weighted by atomic mass is 16.5. The Balaban J connectivity index is 1.51. The molecule has 1 N–H and O–H groups in total. The Morgan fingerprint density at radius 3 is 2.61 bits per heavy atom. The van der Waals surface area contributed by atoms with Crippen LogP contribution in [0.5, 0.6) is 0 Å². The van der Waals surface area contributed by atoms with Gasteiger partial charge >= 0.3 is 0 Å². The van der Waals surface area contributed by atoms with Crippen molar-refractivity contribution >= 4 is 5.82 Å². The molecule has 0 fully saturated rings. The van der Waals surface area contributed by atoms with E-state index in [4.69, 9.17) is 4.52 Å². The summed E-state index contributed by atoms with van der Waals surface area (Å²) in [5.41, 5.74) is 3.12. The third-order valence-electron chi connectivity index (χ3n) is 3.70. The minimum Gasteiger partial charge on any atom is -0.369 e. The van der Waals surface area contributed by atoms with Crippen LogP contribution in [0.15, 0.2) is 28.9 Å². The Bertz CT molecular complexity index is 755. The van der Waals surface area contributed by atoms with Crippen LogP contribution in [0.4, 0.5) is 5.82 Å². The Morgan fingerprint density at radius 2 is 2.00 bits per heavy atom. The van der Waals surface area contributed by atoms with Crippen molar-refractivity contribution in [1.82, 2.24) is 25.1 Å². The fraction of sp³-hybridized carbons (Fsp3) is 0.375. The van der Waals surface area contributed by atoms with Crippen LogP contribution in [0.25, 0.3) is 5.82 Å². The lowest BCUT2D eigenvalue weighted by atomic mass is 10.1. The first-order valence-electron chi connectivity index (χ1n) is 7.65. The van der Waals surface area contributed by atoms with Crippen molar-refractivity contribution in [2.24, 2.45) is 0 Å². The second-order valence-corrected chi connectivity index (χ2v) is 5.51. The summed E-state index contributed by atoms with van der Waals surface area (Å²) < 4.78 is 6.88. The van der Waals surface area contributed by atoms with Crippen LogP contribution in [-0.4, -0.2) is 31.7 Å². The highest BCUT2D eigenvalue weighted by Gasteiger charge is 2.08. The van der Waals surface area contributed by atoms with Gasteiger partial charge in [-0.1, -0.05) is 5.16 Å². The third-order valence-corrected chi connectivity index (χ3v) is 3.70. The van der Waals surface area contributed by atoms with Crippen molar-refractivity contribution in [3.8, 4) is 5.82 Å². The number of aromatic nitrogens is 5. The molecule has 0 radical (unpaired) electrons. The van der Waals surface area contributed by atoms with Crippen molar-refractivity contribution in [3.05, 3.63) is 47.1 Å². The number of aryl methyl sites for hydroxylation is 3. The second-order valence-electron chi connectivity index (χ2n) is 5.51. The van der Waals surface area contributed by atoms with Gasteiger partial charge in [0.2, 0.25) is 0 Å². The number of hydrogen-bond donors (Lipinski definition) is 1. The molecule has 0 amide bonds. The van der Waals surface area contributed by atoms with E-state index in [1.807, 2.05) is 45.2 Å². The predicted molar refractivity (Wildman–Crippen MR) is 86.7 cm³/mol. The first-order chi connectivity index (χ1) is 11.1. The van der Waals surface area contributed by atoms with Crippen LogP contribution in [0.1, 0.15) is 29.1 Å². The van der Waals surface area contributed by atoms with Crippen LogP contribution in [0.2, 0.25) is 0 Å². The maximum atomic E-state index is 5.17. The Hall–Kier alpha value is -2.70. The molecule has 3 aromatic heterocycles. The molecule has 0 aliphatic heterocycles. The van der Waals surface area contributed by atoms with Crippen molar-refractivity contribution in [2.75, 3.05) is 11.9 Å². The van der Waals surface area contributed by atoms with Gasteiger partial charge in [0, 0.05) is 18.3 Å². The summed E-state index contributed by atoms with van der Waals surface area (Å²) in [5, 5.41) is 19.9. The van der Waals surface area contributed by atoms with E-state index in [0.29, 0.717) is 5.82 Å². The molecule has 3 rings (SSSR count). The zero-order valence-corrected chi connectivity index (χ0v) is 13.6. The highest BCUT2D eigenvalue weighted by molar-refractivity contribution is 5.36. The molecule has 0 unspecified atom stereocenters. The van der Waals surface area contributed by atoms with E-state index in [2.05, 4.69) is 25.8 Å².